The van der Waals surface area contributed by atoms with Crippen LogP contribution in [0.1, 0.15) is 6.92 Å². The van der Waals surface area contributed by atoms with E-state index in [2.05, 4.69) is 15.9 Å². The Balaban J connectivity index is 2.59. The fourth-order valence-corrected chi connectivity index (χ4v) is 2.27. The first-order chi connectivity index (χ1) is 6.63. The average Bonchev–Trinajstić information content (AvgIpc) is 2.16. The summed E-state index contributed by atoms with van der Waals surface area (Å²) < 4.78 is 0.995. The molecular weight excluding hydrogens is 262 g/mol. The van der Waals surface area contributed by atoms with Gasteiger partial charge in [-0.3, -0.25) is 0 Å². The molecule has 0 bridgehead atoms. The molecule has 0 radical (unpaired) electrons. The molecular formula is C10H14BrNOS. The molecule has 0 aromatic heterocycles. The Morgan fingerprint density at radius 2 is 2.29 bits per heavy atom. The van der Waals surface area contributed by atoms with Gasteiger partial charge in [-0.2, -0.15) is 0 Å². The Kier molecular flexibility index (Phi) is 4.78. The van der Waals surface area contributed by atoms with Crippen LogP contribution in [0.4, 0.5) is 5.69 Å². The van der Waals surface area contributed by atoms with E-state index >= 15 is 0 Å². The lowest BCUT2D eigenvalue weighted by molar-refractivity contribution is 0.250. The van der Waals surface area contributed by atoms with Crippen LogP contribution in [0.3, 0.4) is 0 Å². The summed E-state index contributed by atoms with van der Waals surface area (Å²) in [5, 5.41) is 8.87. The van der Waals surface area contributed by atoms with E-state index in [1.54, 1.807) is 11.8 Å². The van der Waals surface area contributed by atoms with Crippen LogP contribution in [0, 0.1) is 5.92 Å². The lowest BCUT2D eigenvalue weighted by Crippen LogP contribution is -2.03. The quantitative estimate of drug-likeness (QED) is 0.656. The van der Waals surface area contributed by atoms with Gasteiger partial charge in [0.15, 0.2) is 0 Å². The summed E-state index contributed by atoms with van der Waals surface area (Å²) in [6.07, 6.45) is 0. The van der Waals surface area contributed by atoms with Crippen molar-refractivity contribution >= 4 is 33.4 Å². The number of benzene rings is 1. The molecule has 1 aromatic carbocycles. The van der Waals surface area contributed by atoms with Crippen LogP contribution in [0.5, 0.6) is 0 Å². The third kappa shape index (κ3) is 3.52. The molecule has 0 aliphatic heterocycles. The van der Waals surface area contributed by atoms with E-state index in [0.29, 0.717) is 5.92 Å². The molecule has 1 unspecified atom stereocenters. The molecule has 2 nitrogen and oxygen atoms in total. The summed E-state index contributed by atoms with van der Waals surface area (Å²) in [7, 11) is 0. The van der Waals surface area contributed by atoms with E-state index in [0.717, 1.165) is 20.8 Å². The smallest absolute Gasteiger partial charge is 0.0464 e. The fraction of sp³-hybridized carbons (Fsp3) is 0.400. The molecule has 3 N–H and O–H groups in total. The van der Waals surface area contributed by atoms with Gasteiger partial charge in [-0.1, -0.05) is 22.9 Å². The lowest BCUT2D eigenvalue weighted by atomic mass is 10.2. The van der Waals surface area contributed by atoms with Crippen molar-refractivity contribution in [3.8, 4) is 0 Å². The van der Waals surface area contributed by atoms with Crippen molar-refractivity contribution in [1.29, 1.82) is 0 Å². The van der Waals surface area contributed by atoms with E-state index in [9.17, 15) is 0 Å². The van der Waals surface area contributed by atoms with Crippen molar-refractivity contribution in [2.45, 2.75) is 11.8 Å². The summed E-state index contributed by atoms with van der Waals surface area (Å²) >= 11 is 5.04. The third-order valence-corrected chi connectivity index (χ3v) is 3.72. The molecule has 78 valence electrons. The number of hydrogen-bond acceptors (Lipinski definition) is 3. The van der Waals surface area contributed by atoms with E-state index < -0.39 is 0 Å². The molecule has 0 aliphatic carbocycles. The lowest BCUT2D eigenvalue weighted by Gasteiger charge is -2.09. The Morgan fingerprint density at radius 1 is 1.57 bits per heavy atom. The zero-order chi connectivity index (χ0) is 10.6. The zero-order valence-electron chi connectivity index (χ0n) is 8.03. The number of rotatable bonds is 4. The summed E-state index contributed by atoms with van der Waals surface area (Å²) in [5.41, 5.74) is 6.62. The topological polar surface area (TPSA) is 46.2 Å². The average molecular weight is 276 g/mol. The molecule has 0 amide bonds. The molecule has 1 atom stereocenters. The highest BCUT2D eigenvalue weighted by atomic mass is 79.9. The number of thioether (sulfide) groups is 1. The minimum absolute atomic E-state index is 0.226. The molecule has 0 saturated carbocycles. The molecule has 0 aliphatic rings. The summed E-state index contributed by atoms with van der Waals surface area (Å²) in [6, 6.07) is 5.86. The summed E-state index contributed by atoms with van der Waals surface area (Å²) in [5.74, 6) is 1.20. The Bertz CT molecular complexity index is 306. The van der Waals surface area contributed by atoms with E-state index in [4.69, 9.17) is 10.8 Å². The first-order valence-corrected chi connectivity index (χ1v) is 6.20. The minimum atomic E-state index is 0.226. The van der Waals surface area contributed by atoms with Crippen molar-refractivity contribution in [1.82, 2.24) is 0 Å². The number of aliphatic hydroxyl groups excluding tert-OH is 1. The van der Waals surface area contributed by atoms with Crippen LogP contribution < -0.4 is 5.73 Å². The van der Waals surface area contributed by atoms with Crippen LogP contribution >= 0.6 is 27.7 Å². The van der Waals surface area contributed by atoms with Gasteiger partial charge in [0.25, 0.3) is 0 Å². The molecule has 4 heteroatoms. The maximum absolute atomic E-state index is 8.87. The maximum Gasteiger partial charge on any atom is 0.0464 e. The van der Waals surface area contributed by atoms with Gasteiger partial charge in [0, 0.05) is 27.4 Å². The van der Waals surface area contributed by atoms with Crippen LogP contribution in [-0.2, 0) is 0 Å². The number of hydrogen-bond donors (Lipinski definition) is 2. The fourth-order valence-electron chi connectivity index (χ4n) is 0.936. The highest BCUT2D eigenvalue weighted by Crippen LogP contribution is 2.28. The van der Waals surface area contributed by atoms with E-state index in [-0.39, 0.29) is 6.61 Å². The van der Waals surface area contributed by atoms with Gasteiger partial charge in [0.2, 0.25) is 0 Å². The summed E-state index contributed by atoms with van der Waals surface area (Å²) in [6.45, 7) is 2.24. The van der Waals surface area contributed by atoms with Crippen LogP contribution in [0.2, 0.25) is 0 Å². The van der Waals surface area contributed by atoms with Gasteiger partial charge < -0.3 is 10.8 Å². The van der Waals surface area contributed by atoms with E-state index in [1.807, 2.05) is 25.1 Å². The molecule has 14 heavy (non-hydrogen) atoms. The van der Waals surface area contributed by atoms with Crippen molar-refractivity contribution in [2.75, 3.05) is 18.1 Å². The normalized spacial score (nSPS) is 12.8. The molecule has 0 fully saturated rings. The zero-order valence-corrected chi connectivity index (χ0v) is 10.4. The molecule has 1 aromatic rings. The second-order valence-electron chi connectivity index (χ2n) is 3.28. The number of halogens is 1. The Labute approximate surface area is 97.0 Å². The van der Waals surface area contributed by atoms with Crippen molar-refractivity contribution in [3.05, 3.63) is 22.7 Å². The van der Waals surface area contributed by atoms with Crippen molar-refractivity contribution < 1.29 is 5.11 Å². The molecule has 0 spiro atoms. The van der Waals surface area contributed by atoms with Gasteiger partial charge in [0.1, 0.15) is 0 Å². The number of nitrogens with two attached hydrogens (primary N) is 1. The first-order valence-electron chi connectivity index (χ1n) is 4.42. The van der Waals surface area contributed by atoms with Crippen LogP contribution in [0.25, 0.3) is 0 Å². The van der Waals surface area contributed by atoms with Crippen molar-refractivity contribution in [3.63, 3.8) is 0 Å². The number of aliphatic hydroxyl groups is 1. The highest BCUT2D eigenvalue weighted by molar-refractivity contribution is 9.10. The number of nitrogen functional groups attached to an aromatic ring is 1. The number of anilines is 1. The third-order valence-electron chi connectivity index (χ3n) is 1.81. The SMILES string of the molecule is CC(CO)CSc1ccc(Br)cc1N. The largest absolute Gasteiger partial charge is 0.398 e. The molecule has 0 heterocycles. The predicted octanol–water partition coefficient (Wildman–Crippen LogP) is 2.75. The van der Waals surface area contributed by atoms with E-state index in [1.165, 1.54) is 0 Å². The van der Waals surface area contributed by atoms with Gasteiger partial charge in [-0.05, 0) is 24.1 Å². The maximum atomic E-state index is 8.87. The van der Waals surface area contributed by atoms with Crippen LogP contribution in [0.15, 0.2) is 27.6 Å². The van der Waals surface area contributed by atoms with Gasteiger partial charge in [0.05, 0.1) is 0 Å². The van der Waals surface area contributed by atoms with Gasteiger partial charge in [-0.15, -0.1) is 11.8 Å². The van der Waals surface area contributed by atoms with Gasteiger partial charge in [-0.25, -0.2) is 0 Å². The first kappa shape index (κ1) is 11.9. The van der Waals surface area contributed by atoms with Gasteiger partial charge >= 0.3 is 0 Å². The monoisotopic (exact) mass is 275 g/mol. The standard InChI is InChI=1S/C10H14BrNOS/c1-7(5-13)6-14-10-3-2-8(11)4-9(10)12/h2-4,7,13H,5-6,12H2,1H3. The van der Waals surface area contributed by atoms with Crippen molar-refractivity contribution in [2.24, 2.45) is 5.92 Å². The molecule has 1 rings (SSSR count). The molecule has 0 saturated heterocycles. The second-order valence-corrected chi connectivity index (χ2v) is 5.26. The second kappa shape index (κ2) is 5.63. The minimum Gasteiger partial charge on any atom is -0.398 e. The Hall–Kier alpha value is -0.190. The highest BCUT2D eigenvalue weighted by Gasteiger charge is 2.04. The summed E-state index contributed by atoms with van der Waals surface area (Å²) in [4.78, 5) is 1.08. The van der Waals surface area contributed by atoms with Crippen LogP contribution in [-0.4, -0.2) is 17.5 Å². The Morgan fingerprint density at radius 3 is 2.86 bits per heavy atom. The predicted molar refractivity (Wildman–Crippen MR) is 65.5 cm³/mol.